The standard InChI is InChI=1S/C15H21ClN2O2/c1-11(15(20)18-8-3-2-4-9-18)17-10-12-6-5-7-13(16)14(12)19/h5-7,11,17,19H,2-4,8-10H2,1H3. The minimum absolute atomic E-state index is 0.0827. The molecule has 0 aliphatic carbocycles. The number of aromatic hydroxyl groups is 1. The van der Waals surface area contributed by atoms with Gasteiger partial charge in [-0.1, -0.05) is 23.7 Å². The molecule has 0 bridgehead atoms. The highest BCUT2D eigenvalue weighted by atomic mass is 35.5. The molecule has 1 saturated heterocycles. The van der Waals surface area contributed by atoms with Crippen molar-refractivity contribution in [2.45, 2.75) is 38.8 Å². The molecule has 1 aromatic rings. The lowest BCUT2D eigenvalue weighted by Gasteiger charge is -2.29. The molecule has 20 heavy (non-hydrogen) atoms. The van der Waals surface area contributed by atoms with Crippen molar-refractivity contribution < 1.29 is 9.90 Å². The van der Waals surface area contributed by atoms with Crippen molar-refractivity contribution in [3.8, 4) is 5.75 Å². The van der Waals surface area contributed by atoms with Gasteiger partial charge in [-0.2, -0.15) is 0 Å². The summed E-state index contributed by atoms with van der Waals surface area (Å²) in [6.07, 6.45) is 3.39. The highest BCUT2D eigenvalue weighted by molar-refractivity contribution is 6.32. The third-order valence-corrected chi connectivity index (χ3v) is 4.01. The number of hydrogen-bond acceptors (Lipinski definition) is 3. The fourth-order valence-corrected chi connectivity index (χ4v) is 2.64. The van der Waals surface area contributed by atoms with Gasteiger partial charge in [-0.05, 0) is 32.3 Å². The zero-order valence-corrected chi connectivity index (χ0v) is 12.5. The Bertz CT molecular complexity index is 473. The van der Waals surface area contributed by atoms with Crippen LogP contribution in [0.1, 0.15) is 31.7 Å². The van der Waals surface area contributed by atoms with E-state index in [0.29, 0.717) is 17.1 Å². The van der Waals surface area contributed by atoms with Gasteiger partial charge in [0.15, 0.2) is 0 Å². The summed E-state index contributed by atoms with van der Waals surface area (Å²) in [5.74, 6) is 0.213. The number of nitrogens with zero attached hydrogens (tertiary/aromatic N) is 1. The maximum atomic E-state index is 12.2. The zero-order valence-electron chi connectivity index (χ0n) is 11.7. The van der Waals surface area contributed by atoms with Gasteiger partial charge in [0.05, 0.1) is 11.1 Å². The number of hydrogen-bond donors (Lipinski definition) is 2. The molecule has 1 heterocycles. The maximum Gasteiger partial charge on any atom is 0.239 e. The molecule has 0 radical (unpaired) electrons. The summed E-state index contributed by atoms with van der Waals surface area (Å²) in [5, 5.41) is 13.3. The fraction of sp³-hybridized carbons (Fsp3) is 0.533. The van der Waals surface area contributed by atoms with Crippen molar-refractivity contribution in [1.82, 2.24) is 10.2 Å². The van der Waals surface area contributed by atoms with Crippen LogP contribution in [0.15, 0.2) is 18.2 Å². The van der Waals surface area contributed by atoms with E-state index in [4.69, 9.17) is 11.6 Å². The van der Waals surface area contributed by atoms with Gasteiger partial charge in [0, 0.05) is 25.2 Å². The lowest BCUT2D eigenvalue weighted by Crippen LogP contribution is -2.46. The van der Waals surface area contributed by atoms with Gasteiger partial charge in [-0.25, -0.2) is 0 Å². The van der Waals surface area contributed by atoms with E-state index < -0.39 is 0 Å². The Balaban J connectivity index is 1.89. The van der Waals surface area contributed by atoms with Crippen molar-refractivity contribution in [2.75, 3.05) is 13.1 Å². The Hall–Kier alpha value is -1.26. The molecular weight excluding hydrogens is 276 g/mol. The number of para-hydroxylation sites is 1. The van der Waals surface area contributed by atoms with E-state index in [9.17, 15) is 9.90 Å². The molecule has 110 valence electrons. The van der Waals surface area contributed by atoms with Crippen molar-refractivity contribution in [1.29, 1.82) is 0 Å². The number of halogens is 1. The second-order valence-corrected chi connectivity index (χ2v) is 5.64. The maximum absolute atomic E-state index is 12.2. The topological polar surface area (TPSA) is 52.6 Å². The van der Waals surface area contributed by atoms with Gasteiger partial charge in [0.2, 0.25) is 5.91 Å². The monoisotopic (exact) mass is 296 g/mol. The smallest absolute Gasteiger partial charge is 0.239 e. The van der Waals surface area contributed by atoms with Crippen LogP contribution < -0.4 is 5.32 Å². The summed E-state index contributed by atoms with van der Waals surface area (Å²) >= 11 is 5.86. The summed E-state index contributed by atoms with van der Waals surface area (Å²) < 4.78 is 0. The summed E-state index contributed by atoms with van der Waals surface area (Å²) in [4.78, 5) is 14.2. The fourth-order valence-electron chi connectivity index (χ4n) is 2.44. The lowest BCUT2D eigenvalue weighted by molar-refractivity contribution is -0.133. The summed E-state index contributed by atoms with van der Waals surface area (Å²) in [7, 11) is 0. The van der Waals surface area contributed by atoms with Crippen LogP contribution in [0.5, 0.6) is 5.75 Å². The third-order valence-electron chi connectivity index (χ3n) is 3.71. The molecule has 0 aromatic heterocycles. The Morgan fingerprint density at radius 2 is 2.10 bits per heavy atom. The first-order valence-electron chi connectivity index (χ1n) is 7.08. The van der Waals surface area contributed by atoms with E-state index in [-0.39, 0.29) is 17.7 Å². The van der Waals surface area contributed by atoms with Crippen LogP contribution >= 0.6 is 11.6 Å². The number of phenolic OH excluding ortho intramolecular Hbond substituents is 1. The number of phenols is 1. The number of likely N-dealkylation sites (tertiary alicyclic amines) is 1. The molecule has 1 aliphatic rings. The number of nitrogens with one attached hydrogen (secondary N) is 1. The summed E-state index contributed by atoms with van der Waals surface area (Å²) in [6, 6.07) is 4.97. The minimum atomic E-state index is -0.258. The molecule has 2 rings (SSSR count). The highest BCUT2D eigenvalue weighted by Crippen LogP contribution is 2.26. The molecule has 1 amide bonds. The van der Waals surface area contributed by atoms with Gasteiger partial charge in [-0.15, -0.1) is 0 Å². The lowest BCUT2D eigenvalue weighted by atomic mass is 10.1. The van der Waals surface area contributed by atoms with Crippen LogP contribution in [0.2, 0.25) is 5.02 Å². The molecule has 1 aliphatic heterocycles. The van der Waals surface area contributed by atoms with Crippen LogP contribution in [0.4, 0.5) is 0 Å². The largest absolute Gasteiger partial charge is 0.506 e. The van der Waals surface area contributed by atoms with Crippen LogP contribution in [0, 0.1) is 0 Å². The minimum Gasteiger partial charge on any atom is -0.506 e. The molecular formula is C15H21ClN2O2. The first kappa shape index (κ1) is 15.1. The van der Waals surface area contributed by atoms with Gasteiger partial charge in [0.1, 0.15) is 5.75 Å². The van der Waals surface area contributed by atoms with Gasteiger partial charge in [-0.3, -0.25) is 4.79 Å². The Morgan fingerprint density at radius 3 is 2.80 bits per heavy atom. The Kier molecular flexibility index (Phi) is 5.26. The van der Waals surface area contributed by atoms with Gasteiger partial charge in [0.25, 0.3) is 0 Å². The van der Waals surface area contributed by atoms with Crippen molar-refractivity contribution in [3.63, 3.8) is 0 Å². The molecule has 5 heteroatoms. The molecule has 1 atom stereocenters. The zero-order chi connectivity index (χ0) is 14.5. The first-order chi connectivity index (χ1) is 9.59. The van der Waals surface area contributed by atoms with Crippen LogP contribution in [0.3, 0.4) is 0 Å². The number of carbonyl (C=O) groups excluding carboxylic acids is 1. The predicted octanol–water partition coefficient (Wildman–Crippen LogP) is 2.54. The van der Waals surface area contributed by atoms with E-state index in [2.05, 4.69) is 5.32 Å². The Morgan fingerprint density at radius 1 is 1.40 bits per heavy atom. The second-order valence-electron chi connectivity index (χ2n) is 5.24. The SMILES string of the molecule is CC(NCc1cccc(Cl)c1O)C(=O)N1CCCCC1. The molecule has 4 nitrogen and oxygen atoms in total. The normalized spacial score (nSPS) is 17.0. The number of rotatable bonds is 4. The number of piperidine rings is 1. The number of amides is 1. The molecule has 1 unspecified atom stereocenters. The van der Waals surface area contributed by atoms with Crippen LogP contribution in [-0.2, 0) is 11.3 Å². The predicted molar refractivity (Wildman–Crippen MR) is 79.8 cm³/mol. The second kappa shape index (κ2) is 6.95. The highest BCUT2D eigenvalue weighted by Gasteiger charge is 2.21. The first-order valence-corrected chi connectivity index (χ1v) is 7.46. The van der Waals surface area contributed by atoms with Crippen molar-refractivity contribution in [2.24, 2.45) is 0 Å². The summed E-state index contributed by atoms with van der Waals surface area (Å²) in [5.41, 5.74) is 0.704. The molecule has 0 saturated carbocycles. The number of benzene rings is 1. The van der Waals surface area contributed by atoms with Gasteiger partial charge >= 0.3 is 0 Å². The van der Waals surface area contributed by atoms with E-state index in [1.165, 1.54) is 6.42 Å². The van der Waals surface area contributed by atoms with Gasteiger partial charge < -0.3 is 15.3 Å². The average Bonchev–Trinajstić information content (AvgIpc) is 2.48. The molecule has 2 N–H and O–H groups in total. The van der Waals surface area contributed by atoms with E-state index >= 15 is 0 Å². The summed E-state index contributed by atoms with van der Waals surface area (Å²) in [6.45, 7) is 3.99. The molecule has 1 fully saturated rings. The molecule has 0 spiro atoms. The van der Waals surface area contributed by atoms with E-state index in [1.54, 1.807) is 18.2 Å². The van der Waals surface area contributed by atoms with Crippen molar-refractivity contribution >= 4 is 17.5 Å². The third kappa shape index (κ3) is 3.64. The van der Waals surface area contributed by atoms with Crippen LogP contribution in [0.25, 0.3) is 0 Å². The van der Waals surface area contributed by atoms with E-state index in [1.807, 2.05) is 11.8 Å². The van der Waals surface area contributed by atoms with E-state index in [0.717, 1.165) is 25.9 Å². The van der Waals surface area contributed by atoms with Crippen molar-refractivity contribution in [3.05, 3.63) is 28.8 Å². The molecule has 1 aromatic carbocycles. The average molecular weight is 297 g/mol. The van der Waals surface area contributed by atoms with Crippen LogP contribution in [-0.4, -0.2) is 35.0 Å². The Labute approximate surface area is 124 Å². The quantitative estimate of drug-likeness (QED) is 0.898. The number of carbonyl (C=O) groups is 1.